The highest BCUT2D eigenvalue weighted by atomic mass is 16.7. The molecule has 10 heteroatoms. The number of nitro groups is 1. The van der Waals surface area contributed by atoms with Crippen LogP contribution in [0, 0.1) is 10.1 Å². The van der Waals surface area contributed by atoms with Crippen molar-refractivity contribution >= 4 is 11.7 Å². The van der Waals surface area contributed by atoms with E-state index in [0.29, 0.717) is 40.5 Å². The van der Waals surface area contributed by atoms with E-state index in [1.54, 1.807) is 12.1 Å². The first-order valence-corrected chi connectivity index (χ1v) is 9.42. The third kappa shape index (κ3) is 5.15. The molecule has 1 heterocycles. The van der Waals surface area contributed by atoms with Crippen molar-refractivity contribution in [3.05, 3.63) is 51.1 Å². The van der Waals surface area contributed by atoms with Gasteiger partial charge in [-0.25, -0.2) is 0 Å². The second kappa shape index (κ2) is 9.98. The number of carbonyl (C=O) groups is 1. The number of aryl methyl sites for hydroxylation is 1. The van der Waals surface area contributed by atoms with Gasteiger partial charge in [0.2, 0.25) is 5.75 Å². The molecule has 0 unspecified atom stereocenters. The number of carbonyl (C=O) groups excluding carboxylic acids is 1. The van der Waals surface area contributed by atoms with E-state index in [4.69, 9.17) is 28.4 Å². The molecule has 0 aromatic heterocycles. The minimum Gasteiger partial charge on any atom is -0.493 e. The summed E-state index contributed by atoms with van der Waals surface area (Å²) in [5.41, 5.74) is 1.66. The van der Waals surface area contributed by atoms with Gasteiger partial charge >= 0.3 is 5.97 Å². The summed E-state index contributed by atoms with van der Waals surface area (Å²) >= 11 is 0. The summed E-state index contributed by atoms with van der Waals surface area (Å²) < 4.78 is 31.9. The molecule has 2 aromatic carbocycles. The Labute approximate surface area is 178 Å². The lowest BCUT2D eigenvalue weighted by Crippen LogP contribution is -2.15. The lowest BCUT2D eigenvalue weighted by atomic mass is 10.1. The Morgan fingerprint density at radius 2 is 1.81 bits per heavy atom. The first-order valence-electron chi connectivity index (χ1n) is 9.42. The summed E-state index contributed by atoms with van der Waals surface area (Å²) in [5.74, 6) is 1.45. The zero-order valence-corrected chi connectivity index (χ0v) is 17.5. The van der Waals surface area contributed by atoms with Crippen LogP contribution in [-0.4, -0.2) is 39.0 Å². The lowest BCUT2D eigenvalue weighted by Gasteiger charge is -2.20. The van der Waals surface area contributed by atoms with Gasteiger partial charge in [-0.2, -0.15) is 0 Å². The van der Waals surface area contributed by atoms with Crippen molar-refractivity contribution in [3.63, 3.8) is 0 Å². The molecule has 0 saturated heterocycles. The molecule has 0 fully saturated rings. The van der Waals surface area contributed by atoms with Crippen molar-refractivity contribution in [2.24, 2.45) is 0 Å². The second-order valence-corrected chi connectivity index (χ2v) is 6.66. The fraction of sp³-hybridized carbons (Fsp3) is 0.381. The molecule has 0 spiro atoms. The number of esters is 1. The van der Waals surface area contributed by atoms with E-state index in [9.17, 15) is 14.9 Å². The van der Waals surface area contributed by atoms with E-state index < -0.39 is 10.9 Å². The minimum absolute atomic E-state index is 0.0346. The van der Waals surface area contributed by atoms with E-state index in [0.717, 1.165) is 5.56 Å². The number of methoxy groups -OCH3 is 3. The van der Waals surface area contributed by atoms with E-state index >= 15 is 0 Å². The molecular formula is C21H23NO9. The fourth-order valence-corrected chi connectivity index (χ4v) is 3.25. The number of rotatable bonds is 9. The minimum atomic E-state index is -0.509. The van der Waals surface area contributed by atoms with Gasteiger partial charge in [0.25, 0.3) is 5.69 Å². The van der Waals surface area contributed by atoms with E-state index in [2.05, 4.69) is 0 Å². The Morgan fingerprint density at radius 3 is 2.42 bits per heavy atom. The number of nitrogens with zero attached hydrogens (tertiary/aromatic N) is 1. The molecule has 0 atom stereocenters. The first kappa shape index (κ1) is 22.2. The van der Waals surface area contributed by atoms with Crippen LogP contribution < -0.4 is 18.9 Å². The molecule has 0 radical (unpaired) electrons. The van der Waals surface area contributed by atoms with Gasteiger partial charge in [0.1, 0.15) is 12.4 Å². The molecule has 2 aromatic rings. The molecule has 0 bridgehead atoms. The predicted molar refractivity (Wildman–Crippen MR) is 108 cm³/mol. The van der Waals surface area contributed by atoms with Crippen molar-refractivity contribution in [1.82, 2.24) is 0 Å². The van der Waals surface area contributed by atoms with Crippen molar-refractivity contribution in [1.29, 1.82) is 0 Å². The number of fused-ring (bicyclic) bond motifs is 1. The maximum atomic E-state index is 12.3. The Kier molecular flexibility index (Phi) is 7.14. The van der Waals surface area contributed by atoms with Crippen LogP contribution in [0.2, 0.25) is 0 Å². The average Bonchev–Trinajstić information content (AvgIpc) is 2.79. The number of non-ortho nitro benzene ring substituents is 1. The Hall–Kier alpha value is -3.53. The average molecular weight is 433 g/mol. The van der Waals surface area contributed by atoms with Gasteiger partial charge in [-0.05, 0) is 24.1 Å². The summed E-state index contributed by atoms with van der Waals surface area (Å²) in [6, 6.07) is 6.26. The third-order valence-electron chi connectivity index (χ3n) is 4.71. The molecule has 0 aliphatic carbocycles. The van der Waals surface area contributed by atoms with Crippen molar-refractivity contribution < 1.29 is 38.1 Å². The fourth-order valence-electron chi connectivity index (χ4n) is 3.25. The molecule has 10 nitrogen and oxygen atoms in total. The Morgan fingerprint density at radius 1 is 1.10 bits per heavy atom. The molecule has 0 N–H and O–H groups in total. The number of nitro benzene ring substituents is 1. The molecule has 1 aliphatic rings. The van der Waals surface area contributed by atoms with E-state index in [1.807, 2.05) is 0 Å². The summed E-state index contributed by atoms with van der Waals surface area (Å²) in [6.07, 6.45) is 0.479. The first-order chi connectivity index (χ1) is 15.0. The van der Waals surface area contributed by atoms with Gasteiger partial charge in [0.15, 0.2) is 18.3 Å². The van der Waals surface area contributed by atoms with Crippen molar-refractivity contribution in [3.8, 4) is 23.0 Å². The molecule has 166 valence electrons. The van der Waals surface area contributed by atoms with Gasteiger partial charge in [0, 0.05) is 29.7 Å². The van der Waals surface area contributed by atoms with Crippen LogP contribution in [0.4, 0.5) is 5.69 Å². The van der Waals surface area contributed by atoms with Crippen LogP contribution in [0.15, 0.2) is 24.3 Å². The molecule has 1 aliphatic heterocycles. The quantitative estimate of drug-likeness (QED) is 0.334. The Bertz CT molecular complexity index is 949. The summed E-state index contributed by atoms with van der Waals surface area (Å²) in [7, 11) is 4.55. The molecule has 0 amide bonds. The van der Waals surface area contributed by atoms with E-state index in [-0.39, 0.29) is 32.1 Å². The smallest absolute Gasteiger partial charge is 0.306 e. The number of ether oxygens (including phenoxy) is 6. The monoisotopic (exact) mass is 433 g/mol. The maximum Gasteiger partial charge on any atom is 0.306 e. The van der Waals surface area contributed by atoms with Crippen molar-refractivity contribution in [2.45, 2.75) is 26.1 Å². The topological polar surface area (TPSA) is 116 Å². The van der Waals surface area contributed by atoms with Crippen LogP contribution >= 0.6 is 0 Å². The highest BCUT2D eigenvalue weighted by molar-refractivity contribution is 5.70. The third-order valence-corrected chi connectivity index (χ3v) is 4.71. The van der Waals surface area contributed by atoms with Crippen LogP contribution in [0.3, 0.4) is 0 Å². The molecule has 0 saturated carbocycles. The van der Waals surface area contributed by atoms with Gasteiger partial charge in [0.05, 0.1) is 32.9 Å². The SMILES string of the molecule is COc1cc(CCC(=O)OCc2cc([N+](=O)[O-])cc3c2OCOC3)cc(OC)c1OC. The summed E-state index contributed by atoms with van der Waals surface area (Å²) in [6.45, 7) is 0.0874. The highest BCUT2D eigenvalue weighted by Gasteiger charge is 2.22. The van der Waals surface area contributed by atoms with Gasteiger partial charge in [-0.3, -0.25) is 14.9 Å². The predicted octanol–water partition coefficient (Wildman–Crippen LogP) is 3.16. The summed E-state index contributed by atoms with van der Waals surface area (Å²) in [5, 5.41) is 11.2. The number of hydrogen-bond acceptors (Lipinski definition) is 9. The van der Waals surface area contributed by atoms with Crippen LogP contribution in [0.5, 0.6) is 23.0 Å². The molecular weight excluding hydrogens is 410 g/mol. The molecule has 3 rings (SSSR count). The Balaban J connectivity index is 1.66. The number of benzene rings is 2. The van der Waals surface area contributed by atoms with Gasteiger partial charge in [-0.15, -0.1) is 0 Å². The normalized spacial score (nSPS) is 12.4. The molecule has 31 heavy (non-hydrogen) atoms. The van der Waals surface area contributed by atoms with Crippen LogP contribution in [0.25, 0.3) is 0 Å². The summed E-state index contributed by atoms with van der Waals surface area (Å²) in [4.78, 5) is 23.0. The maximum absolute atomic E-state index is 12.3. The lowest BCUT2D eigenvalue weighted by molar-refractivity contribution is -0.385. The van der Waals surface area contributed by atoms with Gasteiger partial charge in [-0.1, -0.05) is 0 Å². The zero-order valence-electron chi connectivity index (χ0n) is 17.5. The second-order valence-electron chi connectivity index (χ2n) is 6.66. The number of hydrogen-bond donors (Lipinski definition) is 0. The largest absolute Gasteiger partial charge is 0.493 e. The van der Waals surface area contributed by atoms with E-state index in [1.165, 1.54) is 33.5 Å². The highest BCUT2D eigenvalue weighted by Crippen LogP contribution is 2.38. The van der Waals surface area contributed by atoms with Crippen LogP contribution in [-0.2, 0) is 33.9 Å². The van der Waals surface area contributed by atoms with Gasteiger partial charge < -0.3 is 28.4 Å². The van der Waals surface area contributed by atoms with Crippen LogP contribution in [0.1, 0.15) is 23.1 Å². The standard InChI is InChI=1S/C21H23NO9/c1-26-17-6-13(7-18(27-2)21(17)28-3)4-5-19(23)30-11-15-9-16(22(24)25)8-14-10-29-12-31-20(14)15/h6-9H,4-5,10-12H2,1-3H3. The zero-order chi connectivity index (χ0) is 22.4. The van der Waals surface area contributed by atoms with Crippen molar-refractivity contribution in [2.75, 3.05) is 28.1 Å².